The minimum Gasteiger partial charge on any atom is -0.491 e. The lowest BCUT2D eigenvalue weighted by atomic mass is 10.1. The molecular weight excluding hydrogens is 420 g/mol. The van der Waals surface area contributed by atoms with Gasteiger partial charge in [-0.1, -0.05) is 17.3 Å². The molecule has 4 rings (SSSR count). The number of benzene rings is 1. The minimum absolute atomic E-state index is 0.184. The number of hydrogen-bond donors (Lipinski definition) is 2. The van der Waals surface area contributed by atoms with E-state index in [1.165, 1.54) is 6.33 Å². The van der Waals surface area contributed by atoms with Crippen molar-refractivity contribution < 1.29 is 14.4 Å². The normalized spacial score (nSPS) is 12.0. The smallest absolute Gasteiger partial charge is 0.160 e. The summed E-state index contributed by atoms with van der Waals surface area (Å²) in [5, 5.41) is 16.9. The van der Waals surface area contributed by atoms with Crippen molar-refractivity contribution in [2.24, 2.45) is 0 Å². The first-order valence-corrected chi connectivity index (χ1v) is 10.6. The molecule has 4 aromatic rings. The van der Waals surface area contributed by atoms with Crippen LogP contribution < -0.4 is 10.1 Å². The maximum absolute atomic E-state index is 9.93. The quantitative estimate of drug-likeness (QED) is 0.400. The van der Waals surface area contributed by atoms with Crippen LogP contribution in [0.1, 0.15) is 22.7 Å². The molecule has 1 unspecified atom stereocenters. The topological polar surface area (TPSA) is 119 Å². The second-order valence-electron chi connectivity index (χ2n) is 7.74. The Morgan fingerprint density at radius 2 is 1.94 bits per heavy atom. The lowest BCUT2D eigenvalue weighted by molar-refractivity contribution is 0.108. The van der Waals surface area contributed by atoms with Gasteiger partial charge in [-0.25, -0.2) is 19.9 Å². The summed E-state index contributed by atoms with van der Waals surface area (Å²) in [7, 11) is 1.78. The predicted molar refractivity (Wildman–Crippen MR) is 123 cm³/mol. The van der Waals surface area contributed by atoms with Crippen molar-refractivity contribution >= 4 is 0 Å². The summed E-state index contributed by atoms with van der Waals surface area (Å²) >= 11 is 0. The van der Waals surface area contributed by atoms with Crippen molar-refractivity contribution in [1.82, 2.24) is 30.4 Å². The molecule has 1 atom stereocenters. The van der Waals surface area contributed by atoms with Crippen molar-refractivity contribution in [3.63, 3.8) is 0 Å². The van der Waals surface area contributed by atoms with Crippen LogP contribution in [0.4, 0.5) is 0 Å². The van der Waals surface area contributed by atoms with Gasteiger partial charge in [0, 0.05) is 36.6 Å². The zero-order valence-corrected chi connectivity index (χ0v) is 18.8. The number of aryl methyl sites for hydroxylation is 2. The van der Waals surface area contributed by atoms with Gasteiger partial charge in [-0.3, -0.25) is 0 Å². The lowest BCUT2D eigenvalue weighted by Crippen LogP contribution is -2.29. The van der Waals surface area contributed by atoms with Crippen LogP contribution in [-0.2, 0) is 6.42 Å². The van der Waals surface area contributed by atoms with E-state index in [1.807, 2.05) is 44.2 Å². The van der Waals surface area contributed by atoms with Gasteiger partial charge in [-0.15, -0.1) is 0 Å². The maximum Gasteiger partial charge on any atom is 0.160 e. The number of likely N-dealkylation sites (N-methyl/N-ethyl adjacent to an activating group) is 1. The Hall–Kier alpha value is -3.69. The summed E-state index contributed by atoms with van der Waals surface area (Å²) in [6.07, 6.45) is 5.00. The number of rotatable bonds is 9. The molecule has 0 spiro atoms. The largest absolute Gasteiger partial charge is 0.491 e. The Labute approximate surface area is 191 Å². The van der Waals surface area contributed by atoms with E-state index in [9.17, 15) is 5.11 Å². The van der Waals surface area contributed by atoms with E-state index in [1.54, 1.807) is 19.4 Å². The van der Waals surface area contributed by atoms with Crippen LogP contribution in [0, 0.1) is 13.8 Å². The molecule has 3 aromatic heterocycles. The van der Waals surface area contributed by atoms with Crippen molar-refractivity contribution in [3.05, 3.63) is 71.8 Å². The number of aliphatic hydroxyl groups is 1. The molecule has 33 heavy (non-hydrogen) atoms. The molecule has 0 amide bonds. The van der Waals surface area contributed by atoms with Gasteiger partial charge in [-0.05, 0) is 44.7 Å². The second-order valence-corrected chi connectivity index (χ2v) is 7.74. The van der Waals surface area contributed by atoms with Crippen molar-refractivity contribution in [3.8, 4) is 28.4 Å². The van der Waals surface area contributed by atoms with Crippen LogP contribution in [-0.4, -0.2) is 56.5 Å². The Morgan fingerprint density at radius 3 is 2.67 bits per heavy atom. The number of ether oxygens (including phenoxy) is 1. The third-order valence-electron chi connectivity index (χ3n) is 5.04. The van der Waals surface area contributed by atoms with E-state index in [2.05, 4.69) is 20.4 Å². The lowest BCUT2D eigenvalue weighted by Gasteiger charge is -2.13. The highest BCUT2D eigenvalue weighted by Gasteiger charge is 2.17. The molecule has 0 fully saturated rings. The monoisotopic (exact) mass is 446 g/mol. The molecule has 0 saturated carbocycles. The summed E-state index contributed by atoms with van der Waals surface area (Å²) in [5.41, 5.74) is 4.92. The van der Waals surface area contributed by atoms with E-state index < -0.39 is 6.10 Å². The van der Waals surface area contributed by atoms with Crippen LogP contribution in [0.15, 0.2) is 53.6 Å². The predicted octanol–water partition coefficient (Wildman–Crippen LogP) is 2.76. The molecule has 0 aliphatic rings. The van der Waals surface area contributed by atoms with Crippen LogP contribution >= 0.6 is 0 Å². The van der Waals surface area contributed by atoms with Crippen LogP contribution in [0.5, 0.6) is 5.75 Å². The first-order chi connectivity index (χ1) is 16.0. The van der Waals surface area contributed by atoms with Gasteiger partial charge in [0.2, 0.25) is 0 Å². The number of aliphatic hydroxyl groups excluding tert-OH is 1. The standard InChI is InChI=1S/C24H26N6O3/c1-15-23(16(2)33-30-15)22-9-19(7-17-10-26-14-27-11-17)28-24(29-22)18-5-4-6-21(8-18)32-13-20(31)12-25-3/h4-6,8-11,14,20,25,31H,7,12-13H2,1-3H3. The first kappa shape index (κ1) is 22.5. The number of hydrogen-bond acceptors (Lipinski definition) is 9. The van der Waals surface area contributed by atoms with Crippen LogP contribution in [0.25, 0.3) is 22.6 Å². The van der Waals surface area contributed by atoms with Gasteiger partial charge in [0.1, 0.15) is 30.5 Å². The fraction of sp³-hybridized carbons (Fsp3) is 0.292. The Kier molecular flexibility index (Phi) is 7.01. The Bertz CT molecular complexity index is 1190. The summed E-state index contributed by atoms with van der Waals surface area (Å²) < 4.78 is 11.1. The zero-order chi connectivity index (χ0) is 23.2. The van der Waals surface area contributed by atoms with Crippen molar-refractivity contribution in [1.29, 1.82) is 0 Å². The molecule has 3 heterocycles. The zero-order valence-electron chi connectivity index (χ0n) is 18.8. The molecule has 1 aromatic carbocycles. The number of nitrogens with one attached hydrogen (secondary N) is 1. The van der Waals surface area contributed by atoms with Crippen molar-refractivity contribution in [2.75, 3.05) is 20.2 Å². The highest BCUT2D eigenvalue weighted by molar-refractivity contribution is 5.68. The Morgan fingerprint density at radius 1 is 1.12 bits per heavy atom. The highest BCUT2D eigenvalue weighted by atomic mass is 16.5. The fourth-order valence-electron chi connectivity index (χ4n) is 3.54. The first-order valence-electron chi connectivity index (χ1n) is 10.6. The van der Waals surface area contributed by atoms with E-state index in [-0.39, 0.29) is 6.61 Å². The highest BCUT2D eigenvalue weighted by Crippen LogP contribution is 2.29. The Balaban J connectivity index is 1.71. The summed E-state index contributed by atoms with van der Waals surface area (Å²) in [6, 6.07) is 9.46. The molecule has 0 aliphatic heterocycles. The molecule has 170 valence electrons. The van der Waals surface area contributed by atoms with Gasteiger partial charge >= 0.3 is 0 Å². The van der Waals surface area contributed by atoms with Gasteiger partial charge < -0.3 is 19.7 Å². The molecule has 9 heteroatoms. The van der Waals surface area contributed by atoms with E-state index in [4.69, 9.17) is 19.2 Å². The SMILES string of the molecule is CNCC(O)COc1cccc(-c2nc(Cc3cncnc3)cc(-c3c(C)noc3C)n2)c1. The van der Waals surface area contributed by atoms with Gasteiger partial charge in [0.05, 0.1) is 17.0 Å². The third kappa shape index (κ3) is 5.57. The van der Waals surface area contributed by atoms with Crippen LogP contribution in [0.3, 0.4) is 0 Å². The minimum atomic E-state index is -0.600. The third-order valence-corrected chi connectivity index (χ3v) is 5.04. The molecule has 0 bridgehead atoms. The number of aromatic nitrogens is 5. The molecule has 9 nitrogen and oxygen atoms in total. The van der Waals surface area contributed by atoms with Gasteiger partial charge in [0.25, 0.3) is 0 Å². The summed E-state index contributed by atoms with van der Waals surface area (Å²) in [5.74, 6) is 1.88. The van der Waals surface area contributed by atoms with E-state index in [0.717, 1.165) is 33.8 Å². The molecule has 2 N–H and O–H groups in total. The van der Waals surface area contributed by atoms with E-state index in [0.29, 0.717) is 30.3 Å². The summed E-state index contributed by atoms with van der Waals surface area (Å²) in [4.78, 5) is 17.8. The summed E-state index contributed by atoms with van der Waals surface area (Å²) in [6.45, 7) is 4.40. The molecular formula is C24H26N6O3. The van der Waals surface area contributed by atoms with Crippen LogP contribution in [0.2, 0.25) is 0 Å². The fourth-order valence-corrected chi connectivity index (χ4v) is 3.54. The van der Waals surface area contributed by atoms with E-state index >= 15 is 0 Å². The molecule has 0 saturated heterocycles. The van der Waals surface area contributed by atoms with Gasteiger partial charge in [-0.2, -0.15) is 0 Å². The maximum atomic E-state index is 9.93. The second kappa shape index (κ2) is 10.3. The average Bonchev–Trinajstić information content (AvgIpc) is 3.16. The van der Waals surface area contributed by atoms with Gasteiger partial charge in [0.15, 0.2) is 5.82 Å². The molecule has 0 radical (unpaired) electrons. The van der Waals surface area contributed by atoms with Crippen molar-refractivity contribution in [2.45, 2.75) is 26.4 Å². The average molecular weight is 447 g/mol. The molecule has 0 aliphatic carbocycles. The number of nitrogens with zero attached hydrogens (tertiary/aromatic N) is 5.